The Morgan fingerprint density at radius 1 is 0.745 bits per heavy atom. The van der Waals surface area contributed by atoms with Crippen LogP contribution in [0.4, 0.5) is 40.0 Å². The van der Waals surface area contributed by atoms with Gasteiger partial charge >= 0.3 is 0 Å². The first-order valence-electron chi connectivity index (χ1n) is 15.4. The summed E-state index contributed by atoms with van der Waals surface area (Å²) in [7, 11) is 0. The number of amides is 1. The molecular weight excluding hydrogens is 636 g/mol. The molecule has 1 amide bonds. The summed E-state index contributed by atoms with van der Waals surface area (Å²) in [6, 6.07) is 13.6. The van der Waals surface area contributed by atoms with Gasteiger partial charge in [-0.15, -0.1) is 0 Å². The topological polar surface area (TPSA) is 131 Å². The van der Waals surface area contributed by atoms with Gasteiger partial charge in [0.25, 0.3) is 5.91 Å². The van der Waals surface area contributed by atoms with Crippen molar-refractivity contribution in [3.63, 3.8) is 0 Å². The van der Waals surface area contributed by atoms with Gasteiger partial charge in [-0.25, -0.2) is 4.98 Å². The van der Waals surface area contributed by atoms with Gasteiger partial charge in [0, 0.05) is 88.5 Å². The average molecular weight is 669 g/mol. The van der Waals surface area contributed by atoms with Gasteiger partial charge in [-0.1, -0.05) is 35.1 Å². The predicted molar refractivity (Wildman–Crippen MR) is 187 cm³/mol. The summed E-state index contributed by atoms with van der Waals surface area (Å²) in [5.74, 6) is 1.30. The number of para-hydroxylation sites is 1. The van der Waals surface area contributed by atoms with Crippen LogP contribution in [0.15, 0.2) is 73.4 Å². The molecule has 0 atom stereocenters. The summed E-state index contributed by atoms with van der Waals surface area (Å²) < 4.78 is 0. The monoisotopic (exact) mass is 668 g/mol. The molecular formula is C32H33ClN12OS. The SMILES string of the molecule is Cc1cccc(Cl)c1NC(=O)c1cnc(Nc2nc(N3CCN(c4ccncc4)CC3)nc(N3CCN(c4ccncc4)CC3)n2)s1. The standard InChI is InChI=1S/C32H33ClN12OS/c1-22-3-2-4-25(33)27(22)37-28(46)26-21-36-32(47-26)40-29-38-30(44-17-13-42(14-18-44)23-5-9-34-10-6-23)41-31(39-29)45-19-15-43(16-20-45)24-7-11-35-12-8-24/h2-12,21H,13-20H2,1H3,(H,37,46)(H,36,38,39,40,41). The minimum absolute atomic E-state index is 0.289. The maximum absolute atomic E-state index is 13.1. The Morgan fingerprint density at radius 3 is 1.81 bits per heavy atom. The Kier molecular flexibility index (Phi) is 8.93. The van der Waals surface area contributed by atoms with Crippen LogP contribution in [-0.4, -0.2) is 88.2 Å². The van der Waals surface area contributed by atoms with Crippen molar-refractivity contribution < 1.29 is 4.79 Å². The molecule has 0 unspecified atom stereocenters. The van der Waals surface area contributed by atoms with E-state index in [1.54, 1.807) is 6.07 Å². The lowest BCUT2D eigenvalue weighted by Crippen LogP contribution is -2.48. The van der Waals surface area contributed by atoms with Gasteiger partial charge in [-0.2, -0.15) is 15.0 Å². The number of hydrogen-bond acceptors (Lipinski definition) is 13. The first-order chi connectivity index (χ1) is 23.0. The summed E-state index contributed by atoms with van der Waals surface area (Å²) in [5, 5.41) is 7.13. The van der Waals surface area contributed by atoms with E-state index < -0.39 is 0 Å². The lowest BCUT2D eigenvalue weighted by molar-refractivity contribution is 0.103. The van der Waals surface area contributed by atoms with Crippen molar-refractivity contribution in [1.82, 2.24) is 29.9 Å². The number of hydrogen-bond donors (Lipinski definition) is 2. The van der Waals surface area contributed by atoms with Crippen LogP contribution in [0.1, 0.15) is 15.2 Å². The van der Waals surface area contributed by atoms with Crippen LogP contribution >= 0.6 is 22.9 Å². The zero-order valence-electron chi connectivity index (χ0n) is 25.8. The van der Waals surface area contributed by atoms with Crippen molar-refractivity contribution in [2.24, 2.45) is 0 Å². The van der Waals surface area contributed by atoms with E-state index in [9.17, 15) is 4.79 Å². The van der Waals surface area contributed by atoms with Crippen LogP contribution in [0.3, 0.4) is 0 Å². The van der Waals surface area contributed by atoms with E-state index in [0.29, 0.717) is 38.6 Å². The first kappa shape index (κ1) is 30.6. The number of aryl methyl sites for hydroxylation is 1. The number of benzene rings is 1. The van der Waals surface area contributed by atoms with Crippen molar-refractivity contribution in [3.8, 4) is 0 Å². The number of pyridine rings is 2. The molecule has 4 aromatic heterocycles. The molecule has 2 fully saturated rings. The van der Waals surface area contributed by atoms with Gasteiger partial charge in [0.15, 0.2) is 5.13 Å². The lowest BCUT2D eigenvalue weighted by atomic mass is 10.2. The van der Waals surface area contributed by atoms with Crippen LogP contribution in [0.25, 0.3) is 0 Å². The first-order valence-corrected chi connectivity index (χ1v) is 16.5. The van der Waals surface area contributed by atoms with Gasteiger partial charge in [0.2, 0.25) is 17.8 Å². The Hall–Kier alpha value is -5.08. The third kappa shape index (κ3) is 7.03. The van der Waals surface area contributed by atoms with Crippen molar-refractivity contribution >= 4 is 68.9 Å². The summed E-state index contributed by atoms with van der Waals surface area (Å²) in [6.45, 7) is 8.22. The van der Waals surface area contributed by atoms with E-state index in [4.69, 9.17) is 26.6 Å². The highest BCUT2D eigenvalue weighted by atomic mass is 35.5. The summed E-state index contributed by atoms with van der Waals surface area (Å²) in [5.41, 5.74) is 3.77. The minimum atomic E-state index is -0.289. The number of aromatic nitrogens is 6. The van der Waals surface area contributed by atoms with Gasteiger partial charge in [-0.05, 0) is 42.8 Å². The Balaban J connectivity index is 1.10. The highest BCUT2D eigenvalue weighted by Gasteiger charge is 2.25. The van der Waals surface area contributed by atoms with E-state index in [2.05, 4.69) is 45.2 Å². The molecule has 5 aromatic rings. The fourth-order valence-corrected chi connectivity index (χ4v) is 6.60. The molecule has 2 aliphatic rings. The molecule has 0 saturated carbocycles. The van der Waals surface area contributed by atoms with E-state index >= 15 is 0 Å². The van der Waals surface area contributed by atoms with E-state index in [0.717, 1.165) is 69.3 Å². The number of carbonyl (C=O) groups excluding carboxylic acids is 1. The van der Waals surface area contributed by atoms with E-state index in [1.165, 1.54) is 17.5 Å². The van der Waals surface area contributed by atoms with Crippen LogP contribution in [0.2, 0.25) is 5.02 Å². The molecule has 0 aliphatic carbocycles. The highest BCUT2D eigenvalue weighted by molar-refractivity contribution is 7.17. The quantitative estimate of drug-likeness (QED) is 0.237. The molecule has 15 heteroatoms. The van der Waals surface area contributed by atoms with Crippen LogP contribution in [0, 0.1) is 6.92 Å². The number of rotatable bonds is 8. The zero-order chi connectivity index (χ0) is 32.2. The second-order valence-electron chi connectivity index (χ2n) is 11.2. The normalized spacial score (nSPS) is 15.1. The molecule has 13 nitrogen and oxygen atoms in total. The van der Waals surface area contributed by atoms with Gasteiger partial charge in [0.1, 0.15) is 4.88 Å². The molecule has 2 saturated heterocycles. The molecule has 7 rings (SSSR count). The molecule has 0 radical (unpaired) electrons. The van der Waals surface area contributed by atoms with Crippen LogP contribution < -0.4 is 30.2 Å². The van der Waals surface area contributed by atoms with E-state index in [1.807, 2.05) is 68.1 Å². The highest BCUT2D eigenvalue weighted by Crippen LogP contribution is 2.29. The second kappa shape index (κ2) is 13.7. The van der Waals surface area contributed by atoms with E-state index in [-0.39, 0.29) is 5.91 Å². The lowest BCUT2D eigenvalue weighted by Gasteiger charge is -2.37. The van der Waals surface area contributed by atoms with Crippen molar-refractivity contribution in [1.29, 1.82) is 0 Å². The second-order valence-corrected chi connectivity index (χ2v) is 12.6. The average Bonchev–Trinajstić information content (AvgIpc) is 3.59. The fourth-order valence-electron chi connectivity index (χ4n) is 5.63. The van der Waals surface area contributed by atoms with Gasteiger partial charge in [0.05, 0.1) is 16.9 Å². The summed E-state index contributed by atoms with van der Waals surface area (Å²) in [4.78, 5) is 49.9. The smallest absolute Gasteiger partial charge is 0.267 e. The van der Waals surface area contributed by atoms with Crippen molar-refractivity contribution in [3.05, 3.63) is 88.9 Å². The molecule has 0 bridgehead atoms. The zero-order valence-corrected chi connectivity index (χ0v) is 27.3. The van der Waals surface area contributed by atoms with Gasteiger partial charge < -0.3 is 24.9 Å². The Labute approximate surface area is 281 Å². The fraction of sp³-hybridized carbons (Fsp3) is 0.281. The number of piperazine rings is 2. The number of nitrogens with zero attached hydrogens (tertiary/aromatic N) is 10. The maximum atomic E-state index is 13.1. The van der Waals surface area contributed by atoms with Crippen LogP contribution in [-0.2, 0) is 0 Å². The number of thiazole rings is 1. The Bertz CT molecular complexity index is 1730. The molecule has 47 heavy (non-hydrogen) atoms. The maximum Gasteiger partial charge on any atom is 0.267 e. The molecule has 240 valence electrons. The number of nitrogens with one attached hydrogen (secondary N) is 2. The van der Waals surface area contributed by atoms with Crippen LogP contribution in [0.5, 0.6) is 0 Å². The third-order valence-corrected chi connectivity index (χ3v) is 9.43. The molecule has 6 heterocycles. The largest absolute Gasteiger partial charge is 0.368 e. The number of halogens is 1. The molecule has 1 aromatic carbocycles. The molecule has 2 aliphatic heterocycles. The molecule has 2 N–H and O–H groups in total. The van der Waals surface area contributed by atoms with Gasteiger partial charge in [-0.3, -0.25) is 20.1 Å². The molecule has 0 spiro atoms. The summed E-state index contributed by atoms with van der Waals surface area (Å²) >= 11 is 7.55. The summed E-state index contributed by atoms with van der Waals surface area (Å²) in [6.07, 6.45) is 8.81. The van der Waals surface area contributed by atoms with Crippen molar-refractivity contribution in [2.75, 3.05) is 82.6 Å². The predicted octanol–water partition coefficient (Wildman–Crippen LogP) is 4.73. The number of anilines is 7. The van der Waals surface area contributed by atoms with Crippen molar-refractivity contribution in [2.45, 2.75) is 6.92 Å². The third-order valence-electron chi connectivity index (χ3n) is 8.20. The Morgan fingerprint density at radius 2 is 1.28 bits per heavy atom. The number of carbonyl (C=O) groups is 1. The minimum Gasteiger partial charge on any atom is -0.368 e.